The lowest BCUT2D eigenvalue weighted by Crippen LogP contribution is -2.36. The number of nitrogens with zero attached hydrogens (tertiary/aromatic N) is 1. The van der Waals surface area contributed by atoms with E-state index in [1.807, 2.05) is 4.90 Å². The summed E-state index contributed by atoms with van der Waals surface area (Å²) in [6, 6.07) is 2.91. The fourth-order valence-corrected chi connectivity index (χ4v) is 2.96. The molecule has 1 fully saturated rings. The molecule has 2 rings (SSSR count). The Morgan fingerprint density at radius 1 is 1.29 bits per heavy atom. The summed E-state index contributed by atoms with van der Waals surface area (Å²) >= 11 is 0. The minimum Gasteiger partial charge on any atom is -0.330 e. The smallest absolute Gasteiger partial charge is 0.330 e. The number of hydrogen-bond acceptors (Lipinski definition) is 2. The van der Waals surface area contributed by atoms with E-state index in [1.54, 1.807) is 0 Å². The van der Waals surface area contributed by atoms with Crippen LogP contribution in [0.15, 0.2) is 18.2 Å². The lowest BCUT2D eigenvalue weighted by atomic mass is 9.94. The third-order valence-corrected chi connectivity index (χ3v) is 3.95. The van der Waals surface area contributed by atoms with Gasteiger partial charge < -0.3 is 5.73 Å². The molecule has 0 saturated carbocycles. The maximum absolute atomic E-state index is 13.1. The lowest BCUT2D eigenvalue weighted by molar-refractivity contribution is -0.138. The highest BCUT2D eigenvalue weighted by Crippen LogP contribution is 2.33. The standard InChI is InChI=1S/C15H20F4N2/c16-13-4-3-12(14(8-13)15(17,18)19)10-21-7-1-2-11(9-21)5-6-20/h3-4,8,11H,1-2,5-7,9-10,20H2. The van der Waals surface area contributed by atoms with E-state index >= 15 is 0 Å². The average Bonchev–Trinajstić information content (AvgIpc) is 2.40. The van der Waals surface area contributed by atoms with Gasteiger partial charge in [0.15, 0.2) is 0 Å². The Hall–Kier alpha value is -1.14. The molecule has 2 nitrogen and oxygen atoms in total. The quantitative estimate of drug-likeness (QED) is 0.864. The highest BCUT2D eigenvalue weighted by atomic mass is 19.4. The molecule has 1 atom stereocenters. The Balaban J connectivity index is 2.12. The van der Waals surface area contributed by atoms with Gasteiger partial charge in [0.25, 0.3) is 0 Å². The van der Waals surface area contributed by atoms with E-state index < -0.39 is 17.6 Å². The van der Waals surface area contributed by atoms with Crippen LogP contribution in [0.5, 0.6) is 0 Å². The van der Waals surface area contributed by atoms with Crippen molar-refractivity contribution in [3.63, 3.8) is 0 Å². The molecule has 0 aliphatic carbocycles. The van der Waals surface area contributed by atoms with E-state index in [-0.39, 0.29) is 12.1 Å². The maximum atomic E-state index is 13.1. The number of likely N-dealkylation sites (tertiary alicyclic amines) is 1. The number of piperidine rings is 1. The first-order valence-electron chi connectivity index (χ1n) is 7.18. The summed E-state index contributed by atoms with van der Waals surface area (Å²) in [6.45, 7) is 2.33. The minimum atomic E-state index is -4.52. The van der Waals surface area contributed by atoms with Gasteiger partial charge in [-0.15, -0.1) is 0 Å². The third-order valence-electron chi connectivity index (χ3n) is 3.95. The van der Waals surface area contributed by atoms with E-state index in [1.165, 1.54) is 6.07 Å². The highest BCUT2D eigenvalue weighted by molar-refractivity contribution is 5.30. The topological polar surface area (TPSA) is 29.3 Å². The van der Waals surface area contributed by atoms with E-state index in [4.69, 9.17) is 5.73 Å². The molecule has 0 aromatic heterocycles. The second-order valence-electron chi connectivity index (χ2n) is 5.62. The Kier molecular flexibility index (Phi) is 5.22. The van der Waals surface area contributed by atoms with Crippen molar-refractivity contribution in [3.8, 4) is 0 Å². The summed E-state index contributed by atoms with van der Waals surface area (Å²) in [5, 5.41) is 0. The summed E-state index contributed by atoms with van der Waals surface area (Å²) in [4.78, 5) is 2.01. The fraction of sp³-hybridized carbons (Fsp3) is 0.600. The summed E-state index contributed by atoms with van der Waals surface area (Å²) in [5.74, 6) is -0.413. The van der Waals surface area contributed by atoms with Gasteiger partial charge in [-0.2, -0.15) is 13.2 Å². The number of alkyl halides is 3. The Morgan fingerprint density at radius 2 is 2.05 bits per heavy atom. The molecule has 1 aliphatic rings. The molecule has 1 saturated heterocycles. The SMILES string of the molecule is NCCC1CCCN(Cc2ccc(F)cc2C(F)(F)F)C1. The van der Waals surface area contributed by atoms with Crippen LogP contribution in [0.2, 0.25) is 0 Å². The number of halogens is 4. The minimum absolute atomic E-state index is 0.136. The number of hydrogen-bond donors (Lipinski definition) is 1. The van der Waals surface area contributed by atoms with Gasteiger partial charge >= 0.3 is 6.18 Å². The molecule has 0 amide bonds. The Bertz CT molecular complexity index is 471. The number of rotatable bonds is 4. The average molecular weight is 304 g/mol. The second-order valence-corrected chi connectivity index (χ2v) is 5.62. The van der Waals surface area contributed by atoms with Crippen LogP contribution in [0.1, 0.15) is 30.4 Å². The molecule has 21 heavy (non-hydrogen) atoms. The maximum Gasteiger partial charge on any atom is 0.416 e. The van der Waals surface area contributed by atoms with Crippen LogP contribution in [-0.4, -0.2) is 24.5 Å². The first kappa shape index (κ1) is 16.2. The first-order chi connectivity index (χ1) is 9.90. The van der Waals surface area contributed by atoms with Gasteiger partial charge in [-0.3, -0.25) is 4.90 Å². The summed E-state index contributed by atoms with van der Waals surface area (Å²) in [7, 11) is 0. The van der Waals surface area contributed by atoms with Gasteiger partial charge in [-0.25, -0.2) is 4.39 Å². The molecule has 1 aromatic rings. The van der Waals surface area contributed by atoms with Crippen molar-refractivity contribution in [2.45, 2.75) is 32.0 Å². The van der Waals surface area contributed by atoms with Crippen molar-refractivity contribution < 1.29 is 17.6 Å². The molecule has 1 heterocycles. The van der Waals surface area contributed by atoms with Gasteiger partial charge in [-0.1, -0.05) is 6.07 Å². The molecular formula is C15H20F4N2. The summed E-state index contributed by atoms with van der Waals surface area (Å²) in [6.07, 6.45) is -1.59. The van der Waals surface area contributed by atoms with Crippen LogP contribution in [-0.2, 0) is 12.7 Å². The van der Waals surface area contributed by atoms with E-state index in [9.17, 15) is 17.6 Å². The normalized spacial score (nSPS) is 20.7. The van der Waals surface area contributed by atoms with E-state index in [0.29, 0.717) is 18.5 Å². The predicted molar refractivity (Wildman–Crippen MR) is 73.1 cm³/mol. The van der Waals surface area contributed by atoms with Crippen LogP contribution >= 0.6 is 0 Å². The monoisotopic (exact) mass is 304 g/mol. The van der Waals surface area contributed by atoms with E-state index in [2.05, 4.69) is 0 Å². The van der Waals surface area contributed by atoms with Crippen molar-refractivity contribution in [1.82, 2.24) is 4.90 Å². The molecular weight excluding hydrogens is 284 g/mol. The molecule has 2 N–H and O–H groups in total. The molecule has 118 valence electrons. The molecule has 0 bridgehead atoms. The highest BCUT2D eigenvalue weighted by Gasteiger charge is 2.34. The molecule has 0 radical (unpaired) electrons. The van der Waals surface area contributed by atoms with Crippen LogP contribution in [0.25, 0.3) is 0 Å². The summed E-state index contributed by atoms with van der Waals surface area (Å²) < 4.78 is 52.0. The molecule has 6 heteroatoms. The van der Waals surface area contributed by atoms with Crippen molar-refractivity contribution in [3.05, 3.63) is 35.1 Å². The first-order valence-corrected chi connectivity index (χ1v) is 7.18. The summed E-state index contributed by atoms with van der Waals surface area (Å²) in [5.41, 5.74) is 4.81. The largest absolute Gasteiger partial charge is 0.416 e. The van der Waals surface area contributed by atoms with Crippen LogP contribution < -0.4 is 5.73 Å². The van der Waals surface area contributed by atoms with Crippen molar-refractivity contribution in [2.24, 2.45) is 11.7 Å². The zero-order valence-corrected chi connectivity index (χ0v) is 11.8. The fourth-order valence-electron chi connectivity index (χ4n) is 2.96. The second kappa shape index (κ2) is 6.75. The number of benzene rings is 1. The van der Waals surface area contributed by atoms with Gasteiger partial charge in [0.2, 0.25) is 0 Å². The van der Waals surface area contributed by atoms with Gasteiger partial charge in [-0.05, 0) is 56.0 Å². The Labute approximate surface area is 121 Å². The zero-order valence-electron chi connectivity index (χ0n) is 11.8. The predicted octanol–water partition coefficient (Wildman–Crippen LogP) is 3.41. The van der Waals surface area contributed by atoms with Gasteiger partial charge in [0.1, 0.15) is 5.82 Å². The van der Waals surface area contributed by atoms with E-state index in [0.717, 1.165) is 38.4 Å². The van der Waals surface area contributed by atoms with Crippen molar-refractivity contribution in [2.75, 3.05) is 19.6 Å². The molecule has 1 unspecified atom stereocenters. The zero-order chi connectivity index (χ0) is 15.5. The van der Waals surface area contributed by atoms with Crippen molar-refractivity contribution in [1.29, 1.82) is 0 Å². The van der Waals surface area contributed by atoms with Gasteiger partial charge in [0.05, 0.1) is 5.56 Å². The van der Waals surface area contributed by atoms with Crippen LogP contribution in [0.4, 0.5) is 17.6 Å². The number of nitrogens with two attached hydrogens (primary N) is 1. The van der Waals surface area contributed by atoms with Crippen LogP contribution in [0, 0.1) is 11.7 Å². The lowest BCUT2D eigenvalue weighted by Gasteiger charge is -2.33. The van der Waals surface area contributed by atoms with Crippen molar-refractivity contribution >= 4 is 0 Å². The van der Waals surface area contributed by atoms with Gasteiger partial charge in [0, 0.05) is 13.1 Å². The molecule has 0 spiro atoms. The van der Waals surface area contributed by atoms with Crippen LogP contribution in [0.3, 0.4) is 0 Å². The Morgan fingerprint density at radius 3 is 2.71 bits per heavy atom. The molecule has 1 aliphatic heterocycles. The third kappa shape index (κ3) is 4.41. The molecule has 1 aromatic carbocycles.